The maximum absolute atomic E-state index is 12.6. The van der Waals surface area contributed by atoms with E-state index in [9.17, 15) is 39.3 Å². The first-order valence-corrected chi connectivity index (χ1v) is 10.2. The predicted molar refractivity (Wildman–Crippen MR) is 113 cm³/mol. The molecule has 13 nitrogen and oxygen atoms in total. The summed E-state index contributed by atoms with van der Waals surface area (Å²) in [5.41, 5.74) is 10.8. The molecule has 184 valence electrons. The molecule has 0 rings (SSSR count). The van der Waals surface area contributed by atoms with Gasteiger partial charge in [-0.15, -0.1) is 0 Å². The fourth-order valence-electron chi connectivity index (χ4n) is 2.73. The molecule has 0 saturated heterocycles. The van der Waals surface area contributed by atoms with Crippen molar-refractivity contribution in [3.8, 4) is 0 Å². The van der Waals surface area contributed by atoms with Crippen LogP contribution in [0.15, 0.2) is 0 Å². The molecule has 0 fully saturated rings. The topological polar surface area (TPSA) is 234 Å². The van der Waals surface area contributed by atoms with Gasteiger partial charge in [-0.2, -0.15) is 0 Å². The van der Waals surface area contributed by atoms with Crippen molar-refractivity contribution in [3.05, 3.63) is 0 Å². The molecule has 6 unspecified atom stereocenters. The third-order valence-electron chi connectivity index (χ3n) is 4.48. The van der Waals surface area contributed by atoms with Gasteiger partial charge in [0, 0.05) is 6.42 Å². The number of nitrogens with one attached hydrogen (secondary N) is 3. The molecule has 6 atom stereocenters. The molecule has 0 aromatic heterocycles. The Morgan fingerprint density at radius 3 is 1.62 bits per heavy atom. The summed E-state index contributed by atoms with van der Waals surface area (Å²) in [6.45, 7) is 6.12. The van der Waals surface area contributed by atoms with Gasteiger partial charge in [-0.25, -0.2) is 4.79 Å². The Kier molecular flexibility index (Phi) is 12.4. The van der Waals surface area contributed by atoms with Crippen LogP contribution in [-0.4, -0.2) is 81.3 Å². The average Bonchev–Trinajstić information content (AvgIpc) is 2.65. The first kappa shape index (κ1) is 29.2. The van der Waals surface area contributed by atoms with Crippen molar-refractivity contribution in [3.63, 3.8) is 0 Å². The van der Waals surface area contributed by atoms with Crippen LogP contribution in [0.25, 0.3) is 0 Å². The van der Waals surface area contributed by atoms with Crippen LogP contribution < -0.4 is 27.4 Å². The van der Waals surface area contributed by atoms with E-state index in [0.29, 0.717) is 6.42 Å². The molecule has 13 heteroatoms. The second-order valence-electron chi connectivity index (χ2n) is 8.09. The normalized spacial score (nSPS) is 16.8. The van der Waals surface area contributed by atoms with Crippen LogP contribution in [0.2, 0.25) is 0 Å². The average molecular weight is 462 g/mol. The van der Waals surface area contributed by atoms with Crippen molar-refractivity contribution in [1.29, 1.82) is 0 Å². The Morgan fingerprint density at radius 1 is 0.812 bits per heavy atom. The molecule has 4 amide bonds. The fourth-order valence-corrected chi connectivity index (χ4v) is 2.73. The van der Waals surface area contributed by atoms with Crippen molar-refractivity contribution < 1.29 is 39.3 Å². The van der Waals surface area contributed by atoms with Crippen molar-refractivity contribution in [1.82, 2.24) is 16.0 Å². The zero-order valence-corrected chi connectivity index (χ0v) is 18.7. The lowest BCUT2D eigenvalue weighted by molar-refractivity contribution is -0.143. The number of rotatable bonds is 14. The number of nitrogens with two attached hydrogens (primary N) is 2. The second-order valence-corrected chi connectivity index (χ2v) is 8.09. The molecular formula is C19H35N5O8. The van der Waals surface area contributed by atoms with Gasteiger partial charge in [0.2, 0.25) is 23.6 Å². The summed E-state index contributed by atoms with van der Waals surface area (Å²) in [7, 11) is 0. The lowest BCUT2D eigenvalue weighted by Crippen LogP contribution is -2.61. The highest BCUT2D eigenvalue weighted by Gasteiger charge is 2.34. The van der Waals surface area contributed by atoms with Crippen LogP contribution in [0.3, 0.4) is 0 Å². The summed E-state index contributed by atoms with van der Waals surface area (Å²) in [5, 5.41) is 35.7. The van der Waals surface area contributed by atoms with E-state index in [-0.39, 0.29) is 18.8 Å². The monoisotopic (exact) mass is 461 g/mol. The van der Waals surface area contributed by atoms with E-state index in [1.807, 2.05) is 13.8 Å². The minimum Gasteiger partial charge on any atom is -0.480 e. The molecule has 0 aliphatic heterocycles. The lowest BCUT2D eigenvalue weighted by Gasteiger charge is -2.27. The number of aliphatic carboxylic acids is 1. The van der Waals surface area contributed by atoms with Crippen LogP contribution in [0, 0.1) is 5.92 Å². The maximum atomic E-state index is 12.6. The van der Waals surface area contributed by atoms with Crippen molar-refractivity contribution in [2.24, 2.45) is 17.4 Å². The maximum Gasteiger partial charge on any atom is 0.326 e. The predicted octanol–water partition coefficient (Wildman–Crippen LogP) is -3.07. The highest BCUT2D eigenvalue weighted by atomic mass is 16.4. The SMILES string of the molecule is CC(C)CC(N)C(=O)NC(C(=O)NC(C(=O)NC(CCC(N)=O)C(=O)O)C(C)O)C(C)O. The summed E-state index contributed by atoms with van der Waals surface area (Å²) in [6.07, 6.45) is -3.10. The number of carbonyl (C=O) groups is 5. The molecule has 0 aliphatic rings. The van der Waals surface area contributed by atoms with Crippen molar-refractivity contribution in [2.75, 3.05) is 0 Å². The fraction of sp³-hybridized carbons (Fsp3) is 0.737. The largest absolute Gasteiger partial charge is 0.480 e. The standard InChI is InChI=1S/C19H35N5O8/c1-8(2)7-11(20)16(28)23-15(10(4)26)18(30)24-14(9(3)25)17(29)22-12(19(31)32)5-6-13(21)27/h8-12,14-15,25-26H,5-7,20H2,1-4H3,(H2,21,27)(H,22,29)(H,23,28)(H,24,30)(H,31,32). The van der Waals surface area contributed by atoms with Gasteiger partial charge >= 0.3 is 5.97 Å². The number of primary amides is 1. The smallest absolute Gasteiger partial charge is 0.326 e. The number of carboxylic acid groups (broad SMARTS) is 1. The molecule has 0 radical (unpaired) electrons. The Morgan fingerprint density at radius 2 is 1.25 bits per heavy atom. The number of hydrogen-bond acceptors (Lipinski definition) is 8. The van der Waals surface area contributed by atoms with E-state index in [1.165, 1.54) is 13.8 Å². The minimum absolute atomic E-state index is 0.106. The molecule has 0 aliphatic carbocycles. The van der Waals surface area contributed by atoms with Crippen LogP contribution in [0.4, 0.5) is 0 Å². The highest BCUT2D eigenvalue weighted by Crippen LogP contribution is 2.05. The molecule has 0 heterocycles. The van der Waals surface area contributed by atoms with Gasteiger partial charge in [0.1, 0.15) is 18.1 Å². The molecular weight excluding hydrogens is 426 g/mol. The molecule has 0 bridgehead atoms. The van der Waals surface area contributed by atoms with Crippen molar-refractivity contribution in [2.45, 2.75) is 83.3 Å². The van der Waals surface area contributed by atoms with Crippen LogP contribution in [0.5, 0.6) is 0 Å². The van der Waals surface area contributed by atoms with Crippen LogP contribution in [-0.2, 0) is 24.0 Å². The zero-order chi connectivity index (χ0) is 25.2. The first-order chi connectivity index (χ1) is 14.7. The van der Waals surface area contributed by atoms with Crippen molar-refractivity contribution >= 4 is 29.6 Å². The Balaban J connectivity index is 5.34. The minimum atomic E-state index is -1.61. The third kappa shape index (κ3) is 10.5. The van der Waals surface area contributed by atoms with E-state index < -0.39 is 66.0 Å². The van der Waals surface area contributed by atoms with Gasteiger partial charge in [-0.3, -0.25) is 19.2 Å². The zero-order valence-electron chi connectivity index (χ0n) is 18.7. The number of carbonyl (C=O) groups excluding carboxylic acids is 4. The Bertz CT molecular complexity index is 683. The quantitative estimate of drug-likeness (QED) is 0.131. The highest BCUT2D eigenvalue weighted by molar-refractivity contribution is 5.94. The van der Waals surface area contributed by atoms with E-state index in [0.717, 1.165) is 0 Å². The summed E-state index contributed by atoms with van der Waals surface area (Å²) in [6, 6.07) is -5.52. The van der Waals surface area contributed by atoms with Gasteiger partial charge in [0.15, 0.2) is 0 Å². The van der Waals surface area contributed by atoms with E-state index in [4.69, 9.17) is 11.5 Å². The van der Waals surface area contributed by atoms with E-state index in [2.05, 4.69) is 16.0 Å². The van der Waals surface area contributed by atoms with Gasteiger partial charge in [0.25, 0.3) is 0 Å². The number of hydrogen-bond donors (Lipinski definition) is 8. The summed E-state index contributed by atoms with van der Waals surface area (Å²) in [5.74, 6) is -4.82. The number of amides is 4. The van der Waals surface area contributed by atoms with Crippen LogP contribution in [0.1, 0.15) is 47.0 Å². The summed E-state index contributed by atoms with van der Waals surface area (Å²) >= 11 is 0. The summed E-state index contributed by atoms with van der Waals surface area (Å²) in [4.78, 5) is 59.6. The van der Waals surface area contributed by atoms with Gasteiger partial charge in [0.05, 0.1) is 18.2 Å². The molecule has 0 aromatic rings. The van der Waals surface area contributed by atoms with E-state index in [1.54, 1.807) is 0 Å². The molecule has 32 heavy (non-hydrogen) atoms. The Hall–Kier alpha value is -2.77. The lowest BCUT2D eigenvalue weighted by atomic mass is 10.0. The molecule has 0 aromatic carbocycles. The van der Waals surface area contributed by atoms with Gasteiger partial charge in [-0.05, 0) is 32.6 Å². The van der Waals surface area contributed by atoms with E-state index >= 15 is 0 Å². The Labute approximate surface area is 186 Å². The molecule has 0 saturated carbocycles. The molecule has 0 spiro atoms. The molecule has 10 N–H and O–H groups in total. The number of aliphatic hydroxyl groups excluding tert-OH is 2. The van der Waals surface area contributed by atoms with Gasteiger partial charge in [-0.1, -0.05) is 13.8 Å². The van der Waals surface area contributed by atoms with Crippen LogP contribution >= 0.6 is 0 Å². The number of carboxylic acids is 1. The second kappa shape index (κ2) is 13.6. The van der Waals surface area contributed by atoms with Gasteiger partial charge < -0.3 is 42.7 Å². The first-order valence-electron chi connectivity index (χ1n) is 10.2. The third-order valence-corrected chi connectivity index (χ3v) is 4.48. The summed E-state index contributed by atoms with van der Waals surface area (Å²) < 4.78 is 0. The number of aliphatic hydroxyl groups is 2.